The fourth-order valence-corrected chi connectivity index (χ4v) is 1.76. The molecule has 116 valence electrons. The molecule has 1 aromatic heterocycles. The van der Waals surface area contributed by atoms with E-state index in [-0.39, 0.29) is 17.3 Å². The molecule has 0 aliphatic carbocycles. The van der Waals surface area contributed by atoms with Gasteiger partial charge in [0.15, 0.2) is 5.84 Å². The zero-order chi connectivity index (χ0) is 15.9. The van der Waals surface area contributed by atoms with Crippen molar-refractivity contribution in [3.8, 4) is 0 Å². The van der Waals surface area contributed by atoms with Crippen LogP contribution in [-0.4, -0.2) is 34.0 Å². The van der Waals surface area contributed by atoms with E-state index >= 15 is 0 Å². The van der Waals surface area contributed by atoms with E-state index in [0.29, 0.717) is 25.2 Å². The molecule has 0 aromatic carbocycles. The van der Waals surface area contributed by atoms with Crippen molar-refractivity contribution in [2.75, 3.05) is 6.54 Å². The molecular weight excluding hydrogens is 270 g/mol. The molecule has 0 bridgehead atoms. The predicted octanol–water partition coefficient (Wildman–Crippen LogP) is 0.571. The highest BCUT2D eigenvalue weighted by Gasteiger charge is 2.13. The van der Waals surface area contributed by atoms with Gasteiger partial charge in [0.1, 0.15) is 5.69 Å². The van der Waals surface area contributed by atoms with Gasteiger partial charge in [-0.3, -0.25) is 9.78 Å². The Hall–Kier alpha value is -2.15. The third kappa shape index (κ3) is 6.22. The second kappa shape index (κ2) is 7.58. The SMILES string of the molecule is CC(C)(C)NC(=O)CCNCc1cccnc1/C(N)=N/O. The van der Waals surface area contributed by atoms with Crippen molar-refractivity contribution in [3.63, 3.8) is 0 Å². The van der Waals surface area contributed by atoms with Crippen LogP contribution in [0, 0.1) is 0 Å². The van der Waals surface area contributed by atoms with Gasteiger partial charge in [-0.15, -0.1) is 0 Å². The van der Waals surface area contributed by atoms with Gasteiger partial charge in [0.2, 0.25) is 5.91 Å². The van der Waals surface area contributed by atoms with Gasteiger partial charge in [-0.2, -0.15) is 0 Å². The Balaban J connectivity index is 2.45. The summed E-state index contributed by atoms with van der Waals surface area (Å²) in [5.41, 5.74) is 6.59. The van der Waals surface area contributed by atoms with Gasteiger partial charge in [-0.25, -0.2) is 0 Å². The standard InChI is InChI=1S/C14H23N5O2/c1-14(2,3)18-11(20)6-8-16-9-10-5-4-7-17-12(10)13(15)19-21/h4-5,7,16,21H,6,8-9H2,1-3H3,(H2,15,19)(H,18,20). The summed E-state index contributed by atoms with van der Waals surface area (Å²) in [5, 5.41) is 17.7. The van der Waals surface area contributed by atoms with E-state index in [4.69, 9.17) is 10.9 Å². The molecule has 0 saturated heterocycles. The van der Waals surface area contributed by atoms with Gasteiger partial charge in [0.25, 0.3) is 0 Å². The molecular formula is C14H23N5O2. The Bertz CT molecular complexity index is 508. The topological polar surface area (TPSA) is 113 Å². The quantitative estimate of drug-likeness (QED) is 0.201. The predicted molar refractivity (Wildman–Crippen MR) is 81.0 cm³/mol. The Kier molecular flexibility index (Phi) is 6.10. The van der Waals surface area contributed by atoms with Gasteiger partial charge in [0, 0.05) is 31.2 Å². The highest BCUT2D eigenvalue weighted by atomic mass is 16.4. The zero-order valence-corrected chi connectivity index (χ0v) is 12.7. The second-order valence-corrected chi connectivity index (χ2v) is 5.72. The molecule has 21 heavy (non-hydrogen) atoms. The first-order valence-electron chi connectivity index (χ1n) is 6.77. The number of amidine groups is 1. The Morgan fingerprint density at radius 2 is 2.19 bits per heavy atom. The minimum atomic E-state index is -0.223. The smallest absolute Gasteiger partial charge is 0.221 e. The largest absolute Gasteiger partial charge is 0.409 e. The minimum absolute atomic E-state index is 0.00200. The number of hydrogen-bond acceptors (Lipinski definition) is 5. The number of carbonyl (C=O) groups excluding carboxylic acids is 1. The number of nitrogens with one attached hydrogen (secondary N) is 2. The number of aromatic nitrogens is 1. The third-order valence-corrected chi connectivity index (χ3v) is 2.60. The molecule has 0 atom stereocenters. The number of oxime groups is 1. The van der Waals surface area contributed by atoms with E-state index in [1.165, 1.54) is 0 Å². The number of amides is 1. The summed E-state index contributed by atoms with van der Waals surface area (Å²) < 4.78 is 0. The van der Waals surface area contributed by atoms with Crippen molar-refractivity contribution in [2.24, 2.45) is 10.9 Å². The fourth-order valence-electron chi connectivity index (χ4n) is 1.76. The Labute approximate surface area is 124 Å². The molecule has 0 unspecified atom stereocenters. The molecule has 0 spiro atoms. The summed E-state index contributed by atoms with van der Waals surface area (Å²) in [6, 6.07) is 3.61. The zero-order valence-electron chi connectivity index (χ0n) is 12.7. The van der Waals surface area contributed by atoms with Crippen LogP contribution in [0.15, 0.2) is 23.5 Å². The lowest BCUT2D eigenvalue weighted by molar-refractivity contribution is -0.122. The average Bonchev–Trinajstić information content (AvgIpc) is 2.41. The van der Waals surface area contributed by atoms with E-state index in [0.717, 1.165) is 5.56 Å². The molecule has 0 aliphatic heterocycles. The van der Waals surface area contributed by atoms with Gasteiger partial charge < -0.3 is 21.6 Å². The molecule has 1 aromatic rings. The molecule has 1 heterocycles. The maximum absolute atomic E-state index is 11.7. The molecule has 1 rings (SSSR count). The van der Waals surface area contributed by atoms with E-state index in [9.17, 15) is 4.79 Å². The van der Waals surface area contributed by atoms with Crippen LogP contribution in [0.25, 0.3) is 0 Å². The normalized spacial score (nSPS) is 12.2. The Morgan fingerprint density at radius 3 is 2.81 bits per heavy atom. The van der Waals surface area contributed by atoms with E-state index in [2.05, 4.69) is 20.8 Å². The summed E-state index contributed by atoms with van der Waals surface area (Å²) in [4.78, 5) is 15.7. The second-order valence-electron chi connectivity index (χ2n) is 5.72. The molecule has 0 saturated carbocycles. The first kappa shape index (κ1) is 16.9. The van der Waals surface area contributed by atoms with Crippen LogP contribution in [0.3, 0.4) is 0 Å². The maximum atomic E-state index is 11.7. The lowest BCUT2D eigenvalue weighted by Gasteiger charge is -2.20. The van der Waals surface area contributed by atoms with E-state index in [1.807, 2.05) is 26.8 Å². The average molecular weight is 293 g/mol. The van der Waals surface area contributed by atoms with Crippen LogP contribution in [0.4, 0.5) is 0 Å². The van der Waals surface area contributed by atoms with Crippen molar-refractivity contribution >= 4 is 11.7 Å². The number of pyridine rings is 1. The minimum Gasteiger partial charge on any atom is -0.409 e. The van der Waals surface area contributed by atoms with Crippen molar-refractivity contribution in [3.05, 3.63) is 29.6 Å². The summed E-state index contributed by atoms with van der Waals surface area (Å²) in [6.45, 7) is 6.85. The van der Waals surface area contributed by atoms with Crippen molar-refractivity contribution in [2.45, 2.75) is 39.3 Å². The molecule has 5 N–H and O–H groups in total. The highest BCUT2D eigenvalue weighted by Crippen LogP contribution is 2.05. The number of nitrogens with zero attached hydrogens (tertiary/aromatic N) is 2. The molecule has 7 nitrogen and oxygen atoms in total. The van der Waals surface area contributed by atoms with Crippen molar-refractivity contribution in [1.29, 1.82) is 0 Å². The first-order valence-corrected chi connectivity index (χ1v) is 6.77. The monoisotopic (exact) mass is 293 g/mol. The molecule has 7 heteroatoms. The van der Waals surface area contributed by atoms with Gasteiger partial charge >= 0.3 is 0 Å². The summed E-state index contributed by atoms with van der Waals surface area (Å²) in [7, 11) is 0. The van der Waals surface area contributed by atoms with Gasteiger partial charge in [0.05, 0.1) is 0 Å². The van der Waals surface area contributed by atoms with Crippen LogP contribution in [0.5, 0.6) is 0 Å². The maximum Gasteiger partial charge on any atom is 0.221 e. The Morgan fingerprint density at radius 1 is 1.48 bits per heavy atom. The van der Waals surface area contributed by atoms with Gasteiger partial charge in [-0.1, -0.05) is 11.2 Å². The summed E-state index contributed by atoms with van der Waals surface area (Å²) in [6.07, 6.45) is 1.96. The highest BCUT2D eigenvalue weighted by molar-refractivity contribution is 5.96. The lowest BCUT2D eigenvalue weighted by Crippen LogP contribution is -2.41. The van der Waals surface area contributed by atoms with Crippen LogP contribution in [0.1, 0.15) is 38.4 Å². The van der Waals surface area contributed by atoms with Crippen LogP contribution in [0.2, 0.25) is 0 Å². The number of carbonyl (C=O) groups is 1. The van der Waals surface area contributed by atoms with Gasteiger partial charge in [-0.05, 0) is 32.4 Å². The number of hydrogen-bond donors (Lipinski definition) is 4. The molecule has 0 fully saturated rings. The van der Waals surface area contributed by atoms with Crippen LogP contribution >= 0.6 is 0 Å². The summed E-state index contributed by atoms with van der Waals surface area (Å²) in [5.74, 6) is -0.0317. The van der Waals surface area contributed by atoms with E-state index < -0.39 is 0 Å². The summed E-state index contributed by atoms with van der Waals surface area (Å²) >= 11 is 0. The van der Waals surface area contributed by atoms with Crippen molar-refractivity contribution < 1.29 is 10.0 Å². The van der Waals surface area contributed by atoms with Crippen LogP contribution in [-0.2, 0) is 11.3 Å². The number of rotatable bonds is 6. The van der Waals surface area contributed by atoms with Crippen molar-refractivity contribution in [1.82, 2.24) is 15.6 Å². The molecule has 0 radical (unpaired) electrons. The first-order chi connectivity index (χ1) is 9.83. The molecule has 1 amide bonds. The van der Waals surface area contributed by atoms with E-state index in [1.54, 1.807) is 12.3 Å². The molecule has 0 aliphatic rings. The fraction of sp³-hybridized carbons (Fsp3) is 0.500. The third-order valence-electron chi connectivity index (χ3n) is 2.60. The number of nitrogens with two attached hydrogens (primary N) is 1. The lowest BCUT2D eigenvalue weighted by atomic mass is 10.1. The van der Waals surface area contributed by atoms with Crippen LogP contribution < -0.4 is 16.4 Å².